The summed E-state index contributed by atoms with van der Waals surface area (Å²) in [6.07, 6.45) is 4.36. The lowest BCUT2D eigenvalue weighted by atomic mass is 10.1. The maximum absolute atomic E-state index is 5.96. The molecule has 2 aliphatic rings. The van der Waals surface area contributed by atoms with Crippen molar-refractivity contribution in [1.82, 2.24) is 0 Å². The summed E-state index contributed by atoms with van der Waals surface area (Å²) >= 11 is 5.96. The molecule has 0 radical (unpaired) electrons. The minimum atomic E-state index is 0.839. The van der Waals surface area contributed by atoms with Gasteiger partial charge in [0, 0.05) is 5.02 Å². The lowest BCUT2D eigenvalue weighted by Gasteiger charge is -1.99. The molecule has 0 bridgehead atoms. The predicted molar refractivity (Wildman–Crippen MR) is 55.0 cm³/mol. The predicted octanol–water partition coefficient (Wildman–Crippen LogP) is 3.85. The molecule has 2 atom stereocenters. The third-order valence-electron chi connectivity index (χ3n) is 3.34. The van der Waals surface area contributed by atoms with Crippen LogP contribution in [-0.4, -0.2) is 0 Å². The zero-order valence-electron chi connectivity index (χ0n) is 7.54. The second kappa shape index (κ2) is 2.75. The molecule has 0 aromatic heterocycles. The fraction of sp³-hybridized carbons (Fsp3) is 0.500. The molecule has 0 aliphatic heterocycles. The molecule has 1 aromatic carbocycles. The Hall–Kier alpha value is -0.490. The Morgan fingerprint density at radius 2 is 2.08 bits per heavy atom. The van der Waals surface area contributed by atoms with E-state index in [1.54, 1.807) is 0 Å². The lowest BCUT2D eigenvalue weighted by Crippen LogP contribution is -1.84. The van der Waals surface area contributed by atoms with Gasteiger partial charge in [-0.2, -0.15) is 0 Å². The van der Waals surface area contributed by atoms with Crippen molar-refractivity contribution in [3.8, 4) is 0 Å². The highest BCUT2D eigenvalue weighted by molar-refractivity contribution is 6.30. The van der Waals surface area contributed by atoms with E-state index in [9.17, 15) is 0 Å². The Balaban J connectivity index is 1.78. The van der Waals surface area contributed by atoms with Crippen molar-refractivity contribution in [3.63, 3.8) is 0 Å². The fourth-order valence-electron chi connectivity index (χ4n) is 2.38. The normalized spacial score (nSPS) is 31.8. The van der Waals surface area contributed by atoms with Gasteiger partial charge in [-0.15, -0.1) is 0 Å². The van der Waals surface area contributed by atoms with Gasteiger partial charge >= 0.3 is 0 Å². The van der Waals surface area contributed by atoms with Crippen LogP contribution in [0.2, 0.25) is 5.02 Å². The third-order valence-corrected chi connectivity index (χ3v) is 3.58. The first-order chi connectivity index (χ1) is 6.34. The maximum Gasteiger partial charge on any atom is 0.0408 e. The molecular weight excluding hydrogens is 180 g/mol. The Morgan fingerprint density at radius 3 is 2.77 bits per heavy atom. The van der Waals surface area contributed by atoms with Crippen LogP contribution in [0, 0.1) is 11.8 Å². The molecular formula is C12H13Cl. The first kappa shape index (κ1) is 7.87. The van der Waals surface area contributed by atoms with Gasteiger partial charge in [-0.3, -0.25) is 0 Å². The van der Waals surface area contributed by atoms with E-state index in [0.717, 1.165) is 22.8 Å². The van der Waals surface area contributed by atoms with Crippen molar-refractivity contribution in [2.75, 3.05) is 0 Å². The van der Waals surface area contributed by atoms with Crippen LogP contribution < -0.4 is 0 Å². The minimum Gasteiger partial charge on any atom is -0.0843 e. The number of hydrogen-bond acceptors (Lipinski definition) is 0. The van der Waals surface area contributed by atoms with E-state index in [-0.39, 0.29) is 0 Å². The van der Waals surface area contributed by atoms with Crippen molar-refractivity contribution in [3.05, 3.63) is 34.9 Å². The Bertz CT molecular complexity index is 328. The highest BCUT2D eigenvalue weighted by Gasteiger charge is 2.47. The van der Waals surface area contributed by atoms with Gasteiger partial charge in [0.05, 0.1) is 0 Å². The van der Waals surface area contributed by atoms with Gasteiger partial charge in [-0.1, -0.05) is 23.7 Å². The first-order valence-electron chi connectivity index (χ1n) is 5.10. The molecule has 0 heterocycles. The van der Waals surface area contributed by atoms with Crippen LogP contribution in [0.5, 0.6) is 0 Å². The average molecular weight is 193 g/mol. The second-order valence-corrected chi connectivity index (χ2v) is 4.83. The van der Waals surface area contributed by atoms with Gasteiger partial charge in [-0.25, -0.2) is 0 Å². The number of rotatable bonds is 2. The summed E-state index contributed by atoms with van der Waals surface area (Å²) in [5.41, 5.74) is 1.46. The van der Waals surface area contributed by atoms with Crippen LogP contribution in [0.15, 0.2) is 24.3 Å². The van der Waals surface area contributed by atoms with Crippen molar-refractivity contribution in [2.24, 2.45) is 11.8 Å². The average Bonchev–Trinajstić information content (AvgIpc) is 2.99. The van der Waals surface area contributed by atoms with Gasteiger partial charge in [0.25, 0.3) is 0 Å². The third kappa shape index (κ3) is 1.48. The van der Waals surface area contributed by atoms with E-state index in [2.05, 4.69) is 18.2 Å². The fourth-order valence-corrected chi connectivity index (χ4v) is 2.58. The SMILES string of the molecule is Clc1cccc([C@@H]2C[C@H]2C2CC2)c1. The maximum atomic E-state index is 5.96. The van der Waals surface area contributed by atoms with Crippen molar-refractivity contribution in [2.45, 2.75) is 25.2 Å². The van der Waals surface area contributed by atoms with E-state index < -0.39 is 0 Å². The number of benzene rings is 1. The molecule has 1 heteroatoms. The Kier molecular flexibility index (Phi) is 1.66. The van der Waals surface area contributed by atoms with Crippen LogP contribution in [0.3, 0.4) is 0 Å². The van der Waals surface area contributed by atoms with Gasteiger partial charge in [-0.05, 0) is 54.7 Å². The van der Waals surface area contributed by atoms with Gasteiger partial charge in [0.1, 0.15) is 0 Å². The number of halogens is 1. The first-order valence-corrected chi connectivity index (χ1v) is 5.48. The summed E-state index contributed by atoms with van der Waals surface area (Å²) in [5.74, 6) is 2.90. The van der Waals surface area contributed by atoms with Gasteiger partial charge in [0.15, 0.2) is 0 Å². The molecule has 13 heavy (non-hydrogen) atoms. The molecule has 3 rings (SSSR count). The van der Waals surface area contributed by atoms with Crippen LogP contribution in [0.25, 0.3) is 0 Å². The molecule has 0 unspecified atom stereocenters. The van der Waals surface area contributed by atoms with Gasteiger partial charge < -0.3 is 0 Å². The summed E-state index contributed by atoms with van der Waals surface area (Å²) in [5, 5.41) is 0.888. The summed E-state index contributed by atoms with van der Waals surface area (Å²) in [7, 11) is 0. The standard InChI is InChI=1S/C12H13Cl/c13-10-3-1-2-9(6-10)12-7-11(12)8-4-5-8/h1-3,6,8,11-12H,4-5,7H2/t11-,12-/m0/s1. The molecule has 68 valence electrons. The minimum absolute atomic E-state index is 0.839. The summed E-state index contributed by atoms with van der Waals surface area (Å²) in [4.78, 5) is 0. The highest BCUT2D eigenvalue weighted by atomic mass is 35.5. The van der Waals surface area contributed by atoms with Gasteiger partial charge in [0.2, 0.25) is 0 Å². The Morgan fingerprint density at radius 1 is 1.23 bits per heavy atom. The molecule has 0 saturated heterocycles. The smallest absolute Gasteiger partial charge is 0.0408 e. The van der Waals surface area contributed by atoms with E-state index in [1.165, 1.54) is 24.8 Å². The molecule has 0 spiro atoms. The lowest BCUT2D eigenvalue weighted by molar-refractivity contribution is 0.690. The molecule has 2 aliphatic carbocycles. The zero-order chi connectivity index (χ0) is 8.84. The van der Waals surface area contributed by atoms with Crippen LogP contribution in [0.1, 0.15) is 30.7 Å². The van der Waals surface area contributed by atoms with Crippen molar-refractivity contribution in [1.29, 1.82) is 0 Å². The van der Waals surface area contributed by atoms with Crippen LogP contribution in [0.4, 0.5) is 0 Å². The van der Waals surface area contributed by atoms with Crippen LogP contribution >= 0.6 is 11.6 Å². The zero-order valence-corrected chi connectivity index (χ0v) is 8.30. The summed E-state index contributed by atoms with van der Waals surface area (Å²) in [6.45, 7) is 0. The summed E-state index contributed by atoms with van der Waals surface area (Å²) in [6, 6.07) is 8.38. The van der Waals surface area contributed by atoms with Crippen LogP contribution in [-0.2, 0) is 0 Å². The number of hydrogen-bond donors (Lipinski definition) is 0. The molecule has 2 fully saturated rings. The monoisotopic (exact) mass is 192 g/mol. The van der Waals surface area contributed by atoms with Crippen molar-refractivity contribution < 1.29 is 0 Å². The molecule has 1 aromatic rings. The Labute approximate surface area is 83.9 Å². The molecule has 0 nitrogen and oxygen atoms in total. The quantitative estimate of drug-likeness (QED) is 0.668. The van der Waals surface area contributed by atoms with E-state index >= 15 is 0 Å². The molecule has 0 N–H and O–H groups in total. The molecule has 0 amide bonds. The summed E-state index contributed by atoms with van der Waals surface area (Å²) < 4.78 is 0. The second-order valence-electron chi connectivity index (χ2n) is 4.40. The van der Waals surface area contributed by atoms with Crippen molar-refractivity contribution >= 4 is 11.6 Å². The van der Waals surface area contributed by atoms with E-state index in [0.29, 0.717) is 0 Å². The topological polar surface area (TPSA) is 0 Å². The largest absolute Gasteiger partial charge is 0.0843 e. The van der Waals surface area contributed by atoms with E-state index in [4.69, 9.17) is 11.6 Å². The van der Waals surface area contributed by atoms with E-state index in [1.807, 2.05) is 6.07 Å². The highest BCUT2D eigenvalue weighted by Crippen LogP contribution is 2.59. The molecule has 2 saturated carbocycles.